The van der Waals surface area contributed by atoms with Crippen LogP contribution in [0.15, 0.2) is 10.7 Å². The average molecular weight is 256 g/mol. The maximum absolute atomic E-state index is 11.4. The number of ether oxygens (including phenoxy) is 1. The van der Waals surface area contributed by atoms with Crippen LogP contribution < -0.4 is 5.32 Å². The quantitative estimate of drug-likeness (QED) is 0.724. The molecule has 6 nitrogen and oxygen atoms in total. The number of esters is 1. The minimum absolute atomic E-state index is 0.0306. The molecule has 0 spiro atoms. The first-order valence-corrected chi connectivity index (χ1v) is 6.12. The van der Waals surface area contributed by atoms with Gasteiger partial charge in [-0.2, -0.15) is 4.98 Å². The second-order valence-electron chi connectivity index (χ2n) is 4.03. The van der Waals surface area contributed by atoms with Gasteiger partial charge in [0.2, 0.25) is 0 Å². The molecule has 0 saturated heterocycles. The zero-order valence-electron chi connectivity index (χ0n) is 11.0. The molecular formula is C12H20N2O4. The van der Waals surface area contributed by atoms with Crippen molar-refractivity contribution in [1.29, 1.82) is 0 Å². The predicted molar refractivity (Wildman–Crippen MR) is 66.5 cm³/mol. The lowest BCUT2D eigenvalue weighted by Crippen LogP contribution is -2.40. The normalized spacial score (nSPS) is 11.3. The Morgan fingerprint density at radius 2 is 2.17 bits per heavy atom. The molecule has 2 N–H and O–H groups in total. The number of nitrogens with zero attached hydrogens (tertiary/aromatic N) is 1. The molecule has 0 saturated carbocycles. The summed E-state index contributed by atoms with van der Waals surface area (Å²) in [5, 5.41) is 12.4. The maximum atomic E-state index is 11.4. The summed E-state index contributed by atoms with van der Waals surface area (Å²) < 4.78 is 9.97. The molecule has 6 heteroatoms. The highest BCUT2D eigenvalue weighted by atomic mass is 16.5. The van der Waals surface area contributed by atoms with Crippen molar-refractivity contribution in [3.05, 3.63) is 12.0 Å². The third-order valence-electron chi connectivity index (χ3n) is 3.02. The van der Waals surface area contributed by atoms with Gasteiger partial charge in [-0.25, -0.2) is 4.79 Å². The lowest BCUT2D eigenvalue weighted by Gasteiger charge is -2.29. The maximum Gasteiger partial charge on any atom is 0.360 e. The van der Waals surface area contributed by atoms with Crippen LogP contribution in [0.5, 0.6) is 0 Å². The molecule has 0 atom stereocenters. The molecule has 0 amide bonds. The molecule has 102 valence electrons. The molecule has 1 heterocycles. The van der Waals surface area contributed by atoms with Crippen LogP contribution in [-0.2, 0) is 4.74 Å². The first kappa shape index (κ1) is 14.5. The topological polar surface area (TPSA) is 84.6 Å². The Morgan fingerprint density at radius 3 is 2.67 bits per heavy atom. The van der Waals surface area contributed by atoms with E-state index in [1.54, 1.807) is 6.92 Å². The summed E-state index contributed by atoms with van der Waals surface area (Å²) in [7, 11) is 0. The molecule has 0 fully saturated rings. The number of aromatic nitrogens is 1. The number of aliphatic hydroxyl groups excluding tert-OH is 1. The van der Waals surface area contributed by atoms with Gasteiger partial charge < -0.3 is 19.6 Å². The van der Waals surface area contributed by atoms with Gasteiger partial charge in [-0.3, -0.25) is 0 Å². The number of rotatable bonds is 7. The van der Waals surface area contributed by atoms with Crippen LogP contribution in [0.2, 0.25) is 0 Å². The molecule has 0 bridgehead atoms. The summed E-state index contributed by atoms with van der Waals surface area (Å²) >= 11 is 0. The van der Waals surface area contributed by atoms with Crippen LogP contribution in [0.3, 0.4) is 0 Å². The molecule has 18 heavy (non-hydrogen) atoms. The van der Waals surface area contributed by atoms with E-state index in [9.17, 15) is 9.90 Å². The van der Waals surface area contributed by atoms with E-state index in [1.165, 1.54) is 6.26 Å². The molecule has 0 aliphatic heterocycles. The zero-order valence-corrected chi connectivity index (χ0v) is 11.0. The van der Waals surface area contributed by atoms with E-state index < -0.39 is 11.5 Å². The fraction of sp³-hybridized carbons (Fsp3) is 0.667. The third kappa shape index (κ3) is 3.22. The van der Waals surface area contributed by atoms with E-state index in [-0.39, 0.29) is 18.3 Å². The third-order valence-corrected chi connectivity index (χ3v) is 3.02. The molecule has 0 unspecified atom stereocenters. The standard InChI is InChI=1S/C12H20N2O4/c1-4-12(5-2,8-15)14-11-13-9(7-18-11)10(16)17-6-3/h7,15H,4-6,8H2,1-3H3,(H,13,14). The van der Waals surface area contributed by atoms with Gasteiger partial charge in [0.05, 0.1) is 18.8 Å². The first-order chi connectivity index (χ1) is 8.60. The van der Waals surface area contributed by atoms with Gasteiger partial charge in [0.1, 0.15) is 6.26 Å². The molecule has 1 rings (SSSR count). The number of aliphatic hydroxyl groups is 1. The van der Waals surface area contributed by atoms with E-state index in [0.717, 1.165) is 12.8 Å². The van der Waals surface area contributed by atoms with Crippen molar-refractivity contribution in [2.45, 2.75) is 39.2 Å². The average Bonchev–Trinajstić information content (AvgIpc) is 2.85. The van der Waals surface area contributed by atoms with Crippen molar-refractivity contribution in [2.75, 3.05) is 18.5 Å². The van der Waals surface area contributed by atoms with Crippen LogP contribution in [0.1, 0.15) is 44.1 Å². The van der Waals surface area contributed by atoms with E-state index in [2.05, 4.69) is 10.3 Å². The van der Waals surface area contributed by atoms with Crippen molar-refractivity contribution in [1.82, 2.24) is 4.98 Å². The van der Waals surface area contributed by atoms with Crippen molar-refractivity contribution < 1.29 is 19.1 Å². The number of nitrogens with one attached hydrogen (secondary N) is 1. The van der Waals surface area contributed by atoms with Crippen LogP contribution in [0.25, 0.3) is 0 Å². The Labute approximate surface area is 106 Å². The zero-order chi connectivity index (χ0) is 13.6. The monoisotopic (exact) mass is 256 g/mol. The summed E-state index contributed by atoms with van der Waals surface area (Å²) in [4.78, 5) is 15.4. The summed E-state index contributed by atoms with van der Waals surface area (Å²) in [5.41, 5.74) is -0.352. The molecule has 0 aliphatic rings. The van der Waals surface area contributed by atoms with Gasteiger partial charge in [0, 0.05) is 0 Å². The molecule has 0 aliphatic carbocycles. The van der Waals surface area contributed by atoms with Gasteiger partial charge in [-0.1, -0.05) is 13.8 Å². The Hall–Kier alpha value is -1.56. The second kappa shape index (κ2) is 6.39. The van der Waals surface area contributed by atoms with Gasteiger partial charge >= 0.3 is 5.97 Å². The Kier molecular flexibility index (Phi) is 5.15. The van der Waals surface area contributed by atoms with Gasteiger partial charge in [0.25, 0.3) is 6.01 Å². The Morgan fingerprint density at radius 1 is 1.50 bits per heavy atom. The summed E-state index contributed by atoms with van der Waals surface area (Å²) in [6.45, 7) is 5.90. The summed E-state index contributed by atoms with van der Waals surface area (Å²) in [6, 6.07) is 0.218. The van der Waals surface area contributed by atoms with Crippen LogP contribution >= 0.6 is 0 Å². The van der Waals surface area contributed by atoms with Crippen molar-refractivity contribution in [3.63, 3.8) is 0 Å². The fourth-order valence-electron chi connectivity index (χ4n) is 1.55. The molecule has 1 aromatic rings. The molecule has 0 aromatic carbocycles. The highest BCUT2D eigenvalue weighted by Gasteiger charge is 2.27. The van der Waals surface area contributed by atoms with E-state index in [0.29, 0.717) is 6.61 Å². The SMILES string of the molecule is CCOC(=O)c1coc(NC(CC)(CC)CO)n1. The molecular weight excluding hydrogens is 236 g/mol. The van der Waals surface area contributed by atoms with E-state index in [1.807, 2.05) is 13.8 Å². The smallest absolute Gasteiger partial charge is 0.360 e. The predicted octanol–water partition coefficient (Wildman–Crippen LogP) is 1.81. The Balaban J connectivity index is 2.77. The summed E-state index contributed by atoms with van der Waals surface area (Å²) in [6.07, 6.45) is 2.68. The van der Waals surface area contributed by atoms with E-state index in [4.69, 9.17) is 9.15 Å². The fourth-order valence-corrected chi connectivity index (χ4v) is 1.55. The van der Waals surface area contributed by atoms with Crippen LogP contribution in [0.4, 0.5) is 6.01 Å². The van der Waals surface area contributed by atoms with Crippen molar-refractivity contribution in [3.8, 4) is 0 Å². The van der Waals surface area contributed by atoms with Crippen molar-refractivity contribution in [2.24, 2.45) is 0 Å². The van der Waals surface area contributed by atoms with Gasteiger partial charge in [-0.05, 0) is 19.8 Å². The highest BCUT2D eigenvalue weighted by molar-refractivity contribution is 5.87. The lowest BCUT2D eigenvalue weighted by atomic mass is 9.94. The number of hydrogen-bond acceptors (Lipinski definition) is 6. The van der Waals surface area contributed by atoms with Crippen LogP contribution in [-0.4, -0.2) is 34.8 Å². The van der Waals surface area contributed by atoms with Gasteiger partial charge in [-0.15, -0.1) is 0 Å². The number of carbonyl (C=O) groups is 1. The number of oxazole rings is 1. The minimum Gasteiger partial charge on any atom is -0.461 e. The van der Waals surface area contributed by atoms with E-state index >= 15 is 0 Å². The molecule has 1 aromatic heterocycles. The van der Waals surface area contributed by atoms with Crippen molar-refractivity contribution >= 4 is 12.0 Å². The number of hydrogen-bond donors (Lipinski definition) is 2. The lowest BCUT2D eigenvalue weighted by molar-refractivity contribution is 0.0519. The largest absolute Gasteiger partial charge is 0.461 e. The number of anilines is 1. The Bertz CT molecular complexity index is 377. The van der Waals surface area contributed by atoms with Gasteiger partial charge in [0.15, 0.2) is 5.69 Å². The minimum atomic E-state index is -0.517. The highest BCUT2D eigenvalue weighted by Crippen LogP contribution is 2.21. The number of carbonyl (C=O) groups excluding carboxylic acids is 1. The summed E-state index contributed by atoms with van der Waals surface area (Å²) in [5.74, 6) is -0.517. The first-order valence-electron chi connectivity index (χ1n) is 6.12. The van der Waals surface area contributed by atoms with Crippen LogP contribution in [0, 0.1) is 0 Å². The second-order valence-corrected chi connectivity index (χ2v) is 4.03. The molecule has 0 radical (unpaired) electrons.